The average molecular weight is 365 g/mol. The topological polar surface area (TPSA) is 89.8 Å². The van der Waals surface area contributed by atoms with Crippen molar-refractivity contribution in [3.05, 3.63) is 75.8 Å². The maximum absolute atomic E-state index is 12.2. The van der Waals surface area contributed by atoms with Crippen molar-refractivity contribution in [2.75, 3.05) is 5.32 Å². The predicted molar refractivity (Wildman–Crippen MR) is 100 cm³/mol. The molecule has 0 aliphatic rings. The van der Waals surface area contributed by atoms with Gasteiger partial charge < -0.3 is 10.1 Å². The summed E-state index contributed by atoms with van der Waals surface area (Å²) in [5.41, 5.74) is 2.92. The van der Waals surface area contributed by atoms with Crippen molar-refractivity contribution in [2.24, 2.45) is 0 Å². The molecule has 0 fully saturated rings. The highest BCUT2D eigenvalue weighted by atomic mass is 16.5. The van der Waals surface area contributed by atoms with Crippen molar-refractivity contribution in [3.8, 4) is 0 Å². The molecule has 0 radical (unpaired) electrons. The fourth-order valence-corrected chi connectivity index (χ4v) is 2.72. The Morgan fingerprint density at radius 2 is 1.89 bits per heavy atom. The Labute approximate surface area is 155 Å². The van der Waals surface area contributed by atoms with Gasteiger partial charge in [-0.2, -0.15) is 0 Å². The van der Waals surface area contributed by atoms with Crippen molar-refractivity contribution < 1.29 is 14.3 Å². The molecule has 7 nitrogen and oxygen atoms in total. The van der Waals surface area contributed by atoms with Gasteiger partial charge in [0.1, 0.15) is 12.3 Å². The molecule has 3 aromatic rings. The number of aromatic nitrogens is 2. The first-order valence-electron chi connectivity index (χ1n) is 8.43. The summed E-state index contributed by atoms with van der Waals surface area (Å²) in [4.78, 5) is 39.6. The molecule has 3 rings (SSSR count). The molecule has 2 heterocycles. The summed E-state index contributed by atoms with van der Waals surface area (Å²) >= 11 is 0. The summed E-state index contributed by atoms with van der Waals surface area (Å²) in [5.74, 6) is -0.579. The van der Waals surface area contributed by atoms with Gasteiger partial charge in [0, 0.05) is 24.4 Å². The maximum Gasteiger partial charge on any atom is 0.310 e. The molecule has 0 aliphatic heterocycles. The van der Waals surface area contributed by atoms with E-state index in [0.29, 0.717) is 17.0 Å². The molecule has 2 aromatic heterocycles. The van der Waals surface area contributed by atoms with Gasteiger partial charge in [-0.25, -0.2) is 4.98 Å². The van der Waals surface area contributed by atoms with Crippen LogP contribution in [-0.4, -0.2) is 21.3 Å². The van der Waals surface area contributed by atoms with Crippen molar-refractivity contribution >= 4 is 23.2 Å². The van der Waals surface area contributed by atoms with Crippen LogP contribution in [0.25, 0.3) is 5.65 Å². The van der Waals surface area contributed by atoms with E-state index in [1.165, 1.54) is 17.4 Å². The van der Waals surface area contributed by atoms with Crippen LogP contribution in [0.4, 0.5) is 5.69 Å². The maximum atomic E-state index is 12.2. The molecule has 0 unspecified atom stereocenters. The third kappa shape index (κ3) is 4.58. The normalized spacial score (nSPS) is 10.6. The number of esters is 1. The Kier molecular flexibility index (Phi) is 5.30. The molecule has 1 N–H and O–H groups in total. The fraction of sp³-hybridized carbons (Fsp3) is 0.200. The van der Waals surface area contributed by atoms with Crippen LogP contribution in [0.15, 0.2) is 53.3 Å². The highest BCUT2D eigenvalue weighted by Gasteiger charge is 2.09. The quantitative estimate of drug-likeness (QED) is 0.701. The average Bonchev–Trinajstić information content (AvgIpc) is 2.61. The number of anilines is 1. The minimum atomic E-state index is -0.423. The van der Waals surface area contributed by atoms with Crippen LogP contribution in [0.1, 0.15) is 23.9 Å². The van der Waals surface area contributed by atoms with Crippen LogP contribution in [0.3, 0.4) is 0 Å². The van der Waals surface area contributed by atoms with Crippen LogP contribution >= 0.6 is 0 Å². The zero-order chi connectivity index (χ0) is 19.4. The first-order valence-corrected chi connectivity index (χ1v) is 8.43. The van der Waals surface area contributed by atoms with Crippen LogP contribution in [0.5, 0.6) is 0 Å². The summed E-state index contributed by atoms with van der Waals surface area (Å²) in [6, 6.07) is 13.7. The molecular weight excluding hydrogens is 346 g/mol. The second kappa shape index (κ2) is 7.82. The molecule has 0 atom stereocenters. The molecule has 0 saturated carbocycles. The number of amides is 1. The lowest BCUT2D eigenvalue weighted by molar-refractivity contribution is -0.144. The summed E-state index contributed by atoms with van der Waals surface area (Å²) in [6.07, 6.45) is 0.0893. The second-order valence-electron chi connectivity index (χ2n) is 6.16. The number of nitrogens with zero attached hydrogens (tertiary/aromatic N) is 2. The standard InChI is InChI=1S/C20H19N3O4/c1-13-4-3-5-18-22-17(11-19(25)23(13)18)12-27-20(26)10-15-6-8-16(9-7-15)21-14(2)24/h3-9,11H,10,12H2,1-2H3,(H,21,24). The molecule has 0 aliphatic carbocycles. The molecule has 1 amide bonds. The molecule has 0 spiro atoms. The Morgan fingerprint density at radius 3 is 2.59 bits per heavy atom. The Hall–Kier alpha value is -3.48. The van der Waals surface area contributed by atoms with Crippen molar-refractivity contribution in [1.29, 1.82) is 0 Å². The van der Waals surface area contributed by atoms with Crippen molar-refractivity contribution in [3.63, 3.8) is 0 Å². The minimum absolute atomic E-state index is 0.0670. The monoisotopic (exact) mass is 365 g/mol. The number of rotatable bonds is 5. The third-order valence-corrected chi connectivity index (χ3v) is 3.94. The van der Waals surface area contributed by atoms with Crippen LogP contribution < -0.4 is 10.9 Å². The molecule has 1 aromatic carbocycles. The summed E-state index contributed by atoms with van der Waals surface area (Å²) in [7, 11) is 0. The first-order chi connectivity index (χ1) is 12.9. The third-order valence-electron chi connectivity index (χ3n) is 3.94. The van der Waals surface area contributed by atoms with Crippen LogP contribution in [0.2, 0.25) is 0 Å². The van der Waals surface area contributed by atoms with E-state index in [9.17, 15) is 14.4 Å². The number of carbonyl (C=O) groups excluding carboxylic acids is 2. The van der Waals surface area contributed by atoms with Gasteiger partial charge in [0.05, 0.1) is 12.1 Å². The smallest absolute Gasteiger partial charge is 0.310 e. The largest absolute Gasteiger partial charge is 0.459 e. The van der Waals surface area contributed by atoms with Crippen LogP contribution in [0, 0.1) is 6.92 Å². The number of hydrogen-bond acceptors (Lipinski definition) is 5. The first kappa shape index (κ1) is 18.3. The van der Waals surface area contributed by atoms with E-state index in [1.807, 2.05) is 19.1 Å². The molecule has 27 heavy (non-hydrogen) atoms. The lowest BCUT2D eigenvalue weighted by atomic mass is 10.1. The number of benzene rings is 1. The van der Waals surface area contributed by atoms with E-state index in [4.69, 9.17) is 4.74 Å². The number of aryl methyl sites for hydroxylation is 1. The predicted octanol–water partition coefficient (Wildman–Crippen LogP) is 2.25. The molecule has 138 valence electrons. The second-order valence-corrected chi connectivity index (χ2v) is 6.16. The zero-order valence-corrected chi connectivity index (χ0v) is 15.1. The van der Waals surface area contributed by atoms with Crippen molar-refractivity contribution in [2.45, 2.75) is 26.9 Å². The Bertz CT molecular complexity index is 1060. The van der Waals surface area contributed by atoms with Gasteiger partial charge in [-0.15, -0.1) is 0 Å². The number of carbonyl (C=O) groups is 2. The number of hydrogen-bond donors (Lipinski definition) is 1. The number of ether oxygens (including phenoxy) is 1. The van der Waals surface area contributed by atoms with E-state index < -0.39 is 5.97 Å². The highest BCUT2D eigenvalue weighted by Crippen LogP contribution is 2.11. The Morgan fingerprint density at radius 1 is 1.15 bits per heavy atom. The molecule has 0 bridgehead atoms. The summed E-state index contributed by atoms with van der Waals surface area (Å²) < 4.78 is 6.74. The zero-order valence-electron chi connectivity index (χ0n) is 15.1. The van der Waals surface area contributed by atoms with Gasteiger partial charge in [-0.3, -0.25) is 18.8 Å². The van der Waals surface area contributed by atoms with E-state index >= 15 is 0 Å². The number of fused-ring (bicyclic) bond motifs is 1. The van der Waals surface area contributed by atoms with Gasteiger partial charge in [-0.1, -0.05) is 18.2 Å². The van der Waals surface area contributed by atoms with Crippen molar-refractivity contribution in [1.82, 2.24) is 9.38 Å². The number of pyridine rings is 1. The van der Waals surface area contributed by atoms with Crippen LogP contribution in [-0.2, 0) is 27.4 Å². The van der Waals surface area contributed by atoms with E-state index in [0.717, 1.165) is 11.3 Å². The SMILES string of the molecule is CC(=O)Nc1ccc(CC(=O)OCc2cc(=O)n3c(C)cccc3n2)cc1. The molecule has 0 saturated heterocycles. The summed E-state index contributed by atoms with van der Waals surface area (Å²) in [5, 5.41) is 2.66. The fourth-order valence-electron chi connectivity index (χ4n) is 2.72. The van der Waals surface area contributed by atoms with Gasteiger partial charge >= 0.3 is 5.97 Å². The molecule has 7 heteroatoms. The van der Waals surface area contributed by atoms with E-state index in [2.05, 4.69) is 10.3 Å². The van der Waals surface area contributed by atoms with E-state index in [1.54, 1.807) is 30.3 Å². The highest BCUT2D eigenvalue weighted by molar-refractivity contribution is 5.88. The molecular formula is C20H19N3O4. The lowest BCUT2D eigenvalue weighted by Crippen LogP contribution is -2.18. The lowest BCUT2D eigenvalue weighted by Gasteiger charge is -2.08. The van der Waals surface area contributed by atoms with Gasteiger partial charge in [0.25, 0.3) is 5.56 Å². The summed E-state index contributed by atoms with van der Waals surface area (Å²) in [6.45, 7) is 3.19. The van der Waals surface area contributed by atoms with E-state index in [-0.39, 0.29) is 24.5 Å². The number of nitrogens with one attached hydrogen (secondary N) is 1. The van der Waals surface area contributed by atoms with Gasteiger partial charge in [0.2, 0.25) is 5.91 Å². The van der Waals surface area contributed by atoms with Gasteiger partial charge in [-0.05, 0) is 36.8 Å². The van der Waals surface area contributed by atoms with Gasteiger partial charge in [0.15, 0.2) is 0 Å². The Balaban J connectivity index is 1.63. The minimum Gasteiger partial charge on any atom is -0.459 e.